The minimum absolute atomic E-state index is 0.389. The molecule has 76 valence electrons. The van der Waals surface area contributed by atoms with Crippen LogP contribution in [-0.4, -0.2) is 10.1 Å². The molecule has 1 aromatic rings. The van der Waals surface area contributed by atoms with Crippen LogP contribution < -0.4 is 5.73 Å². The summed E-state index contributed by atoms with van der Waals surface area (Å²) < 4.78 is 0. The predicted molar refractivity (Wildman–Crippen MR) is 55.7 cm³/mol. The van der Waals surface area contributed by atoms with Gasteiger partial charge in [-0.05, 0) is 37.3 Å². The Morgan fingerprint density at radius 3 is 2.79 bits per heavy atom. The van der Waals surface area contributed by atoms with Crippen LogP contribution in [0.5, 0.6) is 0 Å². The first-order chi connectivity index (χ1) is 6.70. The van der Waals surface area contributed by atoms with Crippen molar-refractivity contribution in [3.63, 3.8) is 0 Å². The first-order valence-corrected chi connectivity index (χ1v) is 5.09. The summed E-state index contributed by atoms with van der Waals surface area (Å²) in [5, 5.41) is 10.1. The van der Waals surface area contributed by atoms with Crippen molar-refractivity contribution < 1.29 is 5.11 Å². The van der Waals surface area contributed by atoms with Crippen LogP contribution in [0.1, 0.15) is 36.5 Å². The van der Waals surface area contributed by atoms with Gasteiger partial charge in [0, 0.05) is 11.8 Å². The molecule has 0 amide bonds. The van der Waals surface area contributed by atoms with Gasteiger partial charge in [-0.2, -0.15) is 0 Å². The summed E-state index contributed by atoms with van der Waals surface area (Å²) >= 11 is 0. The van der Waals surface area contributed by atoms with Gasteiger partial charge in [-0.3, -0.25) is 0 Å². The number of aromatic nitrogens is 1. The zero-order valence-electron chi connectivity index (χ0n) is 8.40. The SMILES string of the molecule is Cc1ccnc(N)c1C(O)C1CCC1. The lowest BCUT2D eigenvalue weighted by Gasteiger charge is -2.31. The molecule has 1 heterocycles. The van der Waals surface area contributed by atoms with E-state index in [2.05, 4.69) is 4.98 Å². The Morgan fingerprint density at radius 2 is 2.29 bits per heavy atom. The molecule has 0 radical (unpaired) electrons. The molecule has 0 bridgehead atoms. The highest BCUT2D eigenvalue weighted by Crippen LogP contribution is 2.39. The molecule has 0 spiro atoms. The van der Waals surface area contributed by atoms with E-state index in [0.717, 1.165) is 24.0 Å². The maximum absolute atomic E-state index is 10.1. The Morgan fingerprint density at radius 1 is 1.57 bits per heavy atom. The topological polar surface area (TPSA) is 59.1 Å². The molecular formula is C11H16N2O. The maximum atomic E-state index is 10.1. The molecule has 1 fully saturated rings. The van der Waals surface area contributed by atoms with Crippen LogP contribution in [0.3, 0.4) is 0 Å². The minimum atomic E-state index is -0.419. The fourth-order valence-electron chi connectivity index (χ4n) is 1.97. The van der Waals surface area contributed by atoms with Crippen LogP contribution >= 0.6 is 0 Å². The number of nitrogens with two attached hydrogens (primary N) is 1. The van der Waals surface area contributed by atoms with Gasteiger partial charge in [0.05, 0.1) is 6.10 Å². The number of aryl methyl sites for hydroxylation is 1. The van der Waals surface area contributed by atoms with Gasteiger partial charge in [-0.15, -0.1) is 0 Å². The van der Waals surface area contributed by atoms with Crippen molar-refractivity contribution in [2.24, 2.45) is 5.92 Å². The highest BCUT2D eigenvalue weighted by atomic mass is 16.3. The van der Waals surface area contributed by atoms with Gasteiger partial charge >= 0.3 is 0 Å². The number of nitrogens with zero attached hydrogens (tertiary/aromatic N) is 1. The van der Waals surface area contributed by atoms with Crippen molar-refractivity contribution in [3.8, 4) is 0 Å². The molecule has 1 saturated carbocycles. The zero-order valence-corrected chi connectivity index (χ0v) is 8.40. The molecular weight excluding hydrogens is 176 g/mol. The Hall–Kier alpha value is -1.09. The molecule has 1 atom stereocenters. The second-order valence-electron chi connectivity index (χ2n) is 4.06. The second-order valence-corrected chi connectivity index (χ2v) is 4.06. The summed E-state index contributed by atoms with van der Waals surface area (Å²) in [7, 11) is 0. The van der Waals surface area contributed by atoms with Gasteiger partial charge in [0.1, 0.15) is 5.82 Å². The molecule has 0 aromatic carbocycles. The molecule has 14 heavy (non-hydrogen) atoms. The highest BCUT2D eigenvalue weighted by Gasteiger charge is 2.29. The first kappa shape index (κ1) is 9.46. The van der Waals surface area contributed by atoms with Crippen molar-refractivity contribution in [1.29, 1.82) is 0 Å². The molecule has 3 N–H and O–H groups in total. The zero-order chi connectivity index (χ0) is 10.1. The monoisotopic (exact) mass is 192 g/mol. The van der Waals surface area contributed by atoms with Gasteiger partial charge in [0.15, 0.2) is 0 Å². The smallest absolute Gasteiger partial charge is 0.129 e. The van der Waals surface area contributed by atoms with Gasteiger partial charge in [-0.1, -0.05) is 6.42 Å². The third-order valence-corrected chi connectivity index (χ3v) is 3.13. The summed E-state index contributed by atoms with van der Waals surface area (Å²) in [6, 6.07) is 1.90. The summed E-state index contributed by atoms with van der Waals surface area (Å²) in [4.78, 5) is 4.02. The number of anilines is 1. The quantitative estimate of drug-likeness (QED) is 0.751. The van der Waals surface area contributed by atoms with Crippen molar-refractivity contribution in [1.82, 2.24) is 4.98 Å². The molecule has 3 nitrogen and oxygen atoms in total. The largest absolute Gasteiger partial charge is 0.388 e. The van der Waals surface area contributed by atoms with E-state index in [1.807, 2.05) is 13.0 Å². The van der Waals surface area contributed by atoms with Crippen LogP contribution in [-0.2, 0) is 0 Å². The molecule has 1 unspecified atom stereocenters. The van der Waals surface area contributed by atoms with Gasteiger partial charge in [0.2, 0.25) is 0 Å². The number of rotatable bonds is 2. The van der Waals surface area contributed by atoms with Gasteiger partial charge in [0.25, 0.3) is 0 Å². The minimum Gasteiger partial charge on any atom is -0.388 e. The first-order valence-electron chi connectivity index (χ1n) is 5.09. The van der Waals surface area contributed by atoms with Crippen LogP contribution in [0, 0.1) is 12.8 Å². The van der Waals surface area contributed by atoms with E-state index in [0.29, 0.717) is 11.7 Å². The second kappa shape index (κ2) is 3.58. The number of aliphatic hydroxyl groups is 1. The van der Waals surface area contributed by atoms with E-state index in [1.165, 1.54) is 6.42 Å². The highest BCUT2D eigenvalue weighted by molar-refractivity contribution is 5.45. The van der Waals surface area contributed by atoms with Gasteiger partial charge < -0.3 is 10.8 Å². The normalized spacial score (nSPS) is 19.0. The van der Waals surface area contributed by atoms with Crippen molar-refractivity contribution >= 4 is 5.82 Å². The molecule has 1 aliphatic carbocycles. The fourth-order valence-corrected chi connectivity index (χ4v) is 1.97. The Kier molecular flexibility index (Phi) is 2.42. The van der Waals surface area contributed by atoms with Crippen molar-refractivity contribution in [2.45, 2.75) is 32.3 Å². The lowest BCUT2D eigenvalue weighted by Crippen LogP contribution is -2.22. The number of hydrogen-bond acceptors (Lipinski definition) is 3. The molecule has 1 aliphatic rings. The summed E-state index contributed by atoms with van der Waals surface area (Å²) in [5.41, 5.74) is 7.64. The average Bonchev–Trinajstić information content (AvgIpc) is 2.00. The lowest BCUT2D eigenvalue weighted by molar-refractivity contribution is 0.0620. The fraction of sp³-hybridized carbons (Fsp3) is 0.545. The van der Waals surface area contributed by atoms with E-state index >= 15 is 0 Å². The Labute approximate surface area is 84.0 Å². The van der Waals surface area contributed by atoms with Crippen molar-refractivity contribution in [3.05, 3.63) is 23.4 Å². The van der Waals surface area contributed by atoms with Crippen molar-refractivity contribution in [2.75, 3.05) is 5.73 Å². The number of aliphatic hydroxyl groups excluding tert-OH is 1. The average molecular weight is 192 g/mol. The van der Waals surface area contributed by atoms with E-state index in [1.54, 1.807) is 6.20 Å². The molecule has 0 saturated heterocycles. The number of pyridine rings is 1. The predicted octanol–water partition coefficient (Wildman–Crippen LogP) is 1.81. The van der Waals surface area contributed by atoms with E-state index in [9.17, 15) is 5.11 Å². The summed E-state index contributed by atoms with van der Waals surface area (Å²) in [6.45, 7) is 1.97. The van der Waals surface area contributed by atoms with Crippen LogP contribution in [0.15, 0.2) is 12.3 Å². The lowest BCUT2D eigenvalue weighted by atomic mass is 9.78. The maximum Gasteiger partial charge on any atom is 0.129 e. The van der Waals surface area contributed by atoms with Crippen LogP contribution in [0.25, 0.3) is 0 Å². The van der Waals surface area contributed by atoms with Crippen LogP contribution in [0.2, 0.25) is 0 Å². The van der Waals surface area contributed by atoms with E-state index < -0.39 is 6.10 Å². The van der Waals surface area contributed by atoms with Gasteiger partial charge in [-0.25, -0.2) is 4.98 Å². The number of hydrogen-bond donors (Lipinski definition) is 2. The molecule has 2 rings (SSSR count). The summed E-state index contributed by atoms with van der Waals surface area (Å²) in [5.74, 6) is 0.865. The number of nitrogen functional groups attached to an aromatic ring is 1. The third kappa shape index (κ3) is 1.48. The third-order valence-electron chi connectivity index (χ3n) is 3.13. The molecule has 3 heteroatoms. The summed E-state index contributed by atoms with van der Waals surface area (Å²) in [6.07, 6.45) is 4.70. The molecule has 1 aromatic heterocycles. The van der Waals surface area contributed by atoms with E-state index in [-0.39, 0.29) is 0 Å². The standard InChI is InChI=1S/C11H16N2O/c1-7-5-6-13-11(12)9(7)10(14)8-3-2-4-8/h5-6,8,10,14H,2-4H2,1H3,(H2,12,13). The molecule has 0 aliphatic heterocycles. The van der Waals surface area contributed by atoms with E-state index in [4.69, 9.17) is 5.73 Å². The Bertz CT molecular complexity index is 314. The van der Waals surface area contributed by atoms with Crippen LogP contribution in [0.4, 0.5) is 5.82 Å². The Balaban J connectivity index is 2.29.